The smallest absolute Gasteiger partial charge is 0.251 e. The van der Waals surface area contributed by atoms with E-state index in [-0.39, 0.29) is 41.7 Å². The van der Waals surface area contributed by atoms with Crippen molar-refractivity contribution in [2.24, 2.45) is 0 Å². The number of hydrogen-bond donors (Lipinski definition) is 1. The third kappa shape index (κ3) is 5.32. The van der Waals surface area contributed by atoms with E-state index >= 15 is 0 Å². The summed E-state index contributed by atoms with van der Waals surface area (Å²) in [5.41, 5.74) is 1.51. The number of alkyl halides is 1. The number of fused-ring (bicyclic) bond motifs is 2. The number of carbonyl (C=O) groups is 1. The van der Waals surface area contributed by atoms with Gasteiger partial charge in [-0.15, -0.1) is 0 Å². The van der Waals surface area contributed by atoms with Crippen molar-refractivity contribution < 1.29 is 22.3 Å². The molecule has 9 nitrogen and oxygen atoms in total. The summed E-state index contributed by atoms with van der Waals surface area (Å²) in [7, 11) is -3.52. The Bertz CT molecular complexity index is 1620. The molecule has 4 heterocycles. The molecule has 4 aromatic rings. The van der Waals surface area contributed by atoms with Gasteiger partial charge in [-0.3, -0.25) is 14.8 Å². The van der Waals surface area contributed by atoms with E-state index in [9.17, 15) is 17.6 Å². The molecular weight excluding hydrogens is 497 g/mol. The SMILES string of the molecule is CC(C)(F)c1cncc(-c2ccc3cnc(CNC(=O)c4ccc5c(c4)S(=O)(=O)CCOC5)cc3n2)n1. The van der Waals surface area contributed by atoms with Gasteiger partial charge in [0.25, 0.3) is 5.91 Å². The summed E-state index contributed by atoms with van der Waals surface area (Å²) in [6.45, 7) is 3.25. The maximum absolute atomic E-state index is 14.3. The van der Waals surface area contributed by atoms with Crippen LogP contribution in [-0.4, -0.2) is 46.6 Å². The second-order valence-corrected chi connectivity index (χ2v) is 11.3. The van der Waals surface area contributed by atoms with Gasteiger partial charge in [-0.1, -0.05) is 6.07 Å². The Morgan fingerprint density at radius 1 is 1.08 bits per heavy atom. The molecule has 1 amide bonds. The van der Waals surface area contributed by atoms with Crippen LogP contribution in [0.1, 0.15) is 41.2 Å². The van der Waals surface area contributed by atoms with Gasteiger partial charge in [0, 0.05) is 17.1 Å². The van der Waals surface area contributed by atoms with Gasteiger partial charge in [-0.25, -0.2) is 22.8 Å². The van der Waals surface area contributed by atoms with E-state index in [1.54, 1.807) is 30.5 Å². The quantitative estimate of drug-likeness (QED) is 0.423. The van der Waals surface area contributed by atoms with Gasteiger partial charge in [0.2, 0.25) is 0 Å². The molecule has 1 N–H and O–H groups in total. The number of amides is 1. The van der Waals surface area contributed by atoms with Gasteiger partial charge in [0.15, 0.2) is 9.84 Å². The fourth-order valence-corrected chi connectivity index (χ4v) is 5.30. The molecule has 0 spiro atoms. The molecule has 190 valence electrons. The number of ether oxygens (including phenoxy) is 1. The highest BCUT2D eigenvalue weighted by Crippen LogP contribution is 2.26. The molecule has 3 aromatic heterocycles. The predicted molar refractivity (Wildman–Crippen MR) is 134 cm³/mol. The standard InChI is InChI=1S/C26H24FN5O4S/c1-26(2,27)24-14-28-13-22(32-24)20-6-5-17-11-29-19(10-21(17)31-20)12-30-25(33)16-3-4-18-15-36-7-8-37(34,35)23(18)9-16/h3-6,9-11,13-14H,7-8,12,15H2,1-2H3,(H,30,33). The highest BCUT2D eigenvalue weighted by atomic mass is 32.2. The zero-order valence-electron chi connectivity index (χ0n) is 20.2. The number of carbonyl (C=O) groups excluding carboxylic acids is 1. The summed E-state index contributed by atoms with van der Waals surface area (Å²) in [4.78, 5) is 30.4. The van der Waals surface area contributed by atoms with Crippen molar-refractivity contribution in [3.8, 4) is 11.4 Å². The van der Waals surface area contributed by atoms with Crippen molar-refractivity contribution >= 4 is 26.6 Å². The van der Waals surface area contributed by atoms with Crippen LogP contribution < -0.4 is 5.32 Å². The lowest BCUT2D eigenvalue weighted by molar-refractivity contribution is 0.0950. The van der Waals surface area contributed by atoms with Gasteiger partial charge >= 0.3 is 0 Å². The molecule has 0 saturated carbocycles. The molecule has 0 aliphatic carbocycles. The summed E-state index contributed by atoms with van der Waals surface area (Å²) < 4.78 is 44.7. The van der Waals surface area contributed by atoms with Crippen LogP contribution >= 0.6 is 0 Å². The molecule has 0 saturated heterocycles. The molecular formula is C26H24FN5O4S. The van der Waals surface area contributed by atoms with Crippen LogP contribution in [0.15, 0.2) is 59.9 Å². The first kappa shape index (κ1) is 24.8. The molecule has 1 aliphatic heterocycles. The Kier molecular flexibility index (Phi) is 6.42. The van der Waals surface area contributed by atoms with Gasteiger partial charge in [-0.05, 0) is 49.7 Å². The molecule has 0 radical (unpaired) electrons. The number of sulfone groups is 1. The van der Waals surface area contributed by atoms with Gasteiger partial charge < -0.3 is 10.1 Å². The number of pyridine rings is 2. The highest BCUT2D eigenvalue weighted by molar-refractivity contribution is 7.91. The van der Waals surface area contributed by atoms with Crippen LogP contribution in [-0.2, 0) is 33.4 Å². The summed E-state index contributed by atoms with van der Waals surface area (Å²) in [5, 5.41) is 3.57. The number of nitrogens with one attached hydrogen (secondary N) is 1. The summed E-state index contributed by atoms with van der Waals surface area (Å²) >= 11 is 0. The minimum absolute atomic E-state index is 0.110. The number of hydrogen-bond acceptors (Lipinski definition) is 8. The first-order valence-electron chi connectivity index (χ1n) is 11.6. The first-order valence-corrected chi connectivity index (χ1v) is 13.2. The number of nitrogens with zero attached hydrogens (tertiary/aromatic N) is 4. The second kappa shape index (κ2) is 9.56. The van der Waals surface area contributed by atoms with E-state index in [0.717, 1.165) is 5.39 Å². The van der Waals surface area contributed by atoms with Gasteiger partial charge in [0.05, 0.1) is 65.4 Å². The summed E-state index contributed by atoms with van der Waals surface area (Å²) in [6.07, 6.45) is 4.57. The zero-order valence-corrected chi connectivity index (χ0v) is 21.0. The van der Waals surface area contributed by atoms with E-state index < -0.39 is 21.4 Å². The summed E-state index contributed by atoms with van der Waals surface area (Å²) in [5.74, 6) is -0.546. The van der Waals surface area contributed by atoms with Crippen LogP contribution in [0.5, 0.6) is 0 Å². The molecule has 1 aliphatic rings. The molecule has 0 fully saturated rings. The molecule has 1 aromatic carbocycles. The first-order chi connectivity index (χ1) is 17.6. The van der Waals surface area contributed by atoms with Crippen LogP contribution in [0.25, 0.3) is 22.3 Å². The van der Waals surface area contributed by atoms with Crippen molar-refractivity contribution in [2.75, 3.05) is 12.4 Å². The van der Waals surface area contributed by atoms with E-state index in [1.807, 2.05) is 6.07 Å². The number of rotatable bonds is 5. The molecule has 0 bridgehead atoms. The summed E-state index contributed by atoms with van der Waals surface area (Å²) in [6, 6.07) is 9.92. The molecule has 37 heavy (non-hydrogen) atoms. The highest BCUT2D eigenvalue weighted by Gasteiger charge is 2.24. The van der Waals surface area contributed by atoms with Crippen molar-refractivity contribution in [2.45, 2.75) is 37.6 Å². The second-order valence-electron chi connectivity index (χ2n) is 9.20. The fraction of sp³-hybridized carbons (Fsp3) is 0.269. The number of halogens is 1. The van der Waals surface area contributed by atoms with Crippen LogP contribution in [0.4, 0.5) is 4.39 Å². The van der Waals surface area contributed by atoms with E-state index in [2.05, 4.69) is 25.3 Å². The third-order valence-electron chi connectivity index (χ3n) is 5.98. The van der Waals surface area contributed by atoms with Gasteiger partial charge in [-0.2, -0.15) is 0 Å². The molecule has 11 heteroatoms. The van der Waals surface area contributed by atoms with Gasteiger partial charge in [0.1, 0.15) is 11.4 Å². The minimum Gasteiger partial charge on any atom is -0.376 e. The number of benzene rings is 1. The lowest BCUT2D eigenvalue weighted by Crippen LogP contribution is -2.23. The minimum atomic E-state index is -3.52. The molecule has 0 unspecified atom stereocenters. The molecule has 5 rings (SSSR count). The van der Waals surface area contributed by atoms with Crippen molar-refractivity contribution in [1.29, 1.82) is 0 Å². The predicted octanol–water partition coefficient (Wildman–Crippen LogP) is 3.53. The lowest BCUT2D eigenvalue weighted by Gasteiger charge is -2.13. The van der Waals surface area contributed by atoms with Crippen LogP contribution in [0, 0.1) is 0 Å². The fourth-order valence-electron chi connectivity index (χ4n) is 3.91. The lowest BCUT2D eigenvalue weighted by atomic mass is 10.1. The van der Waals surface area contributed by atoms with Crippen molar-refractivity contribution in [3.05, 3.63) is 77.5 Å². The van der Waals surface area contributed by atoms with E-state index in [4.69, 9.17) is 4.74 Å². The molecule has 0 atom stereocenters. The Balaban J connectivity index is 1.36. The van der Waals surface area contributed by atoms with Crippen molar-refractivity contribution in [1.82, 2.24) is 25.3 Å². The maximum atomic E-state index is 14.3. The Labute approximate surface area is 213 Å². The average Bonchev–Trinajstić information content (AvgIpc) is 3.03. The topological polar surface area (TPSA) is 124 Å². The third-order valence-corrected chi connectivity index (χ3v) is 7.74. The van der Waals surface area contributed by atoms with Crippen LogP contribution in [0.3, 0.4) is 0 Å². The maximum Gasteiger partial charge on any atom is 0.251 e. The Morgan fingerprint density at radius 3 is 2.73 bits per heavy atom. The monoisotopic (exact) mass is 521 g/mol. The normalized spacial score (nSPS) is 15.1. The van der Waals surface area contributed by atoms with E-state index in [1.165, 1.54) is 32.3 Å². The zero-order chi connectivity index (χ0) is 26.2. The average molecular weight is 522 g/mol. The Hall–Kier alpha value is -3.83. The van der Waals surface area contributed by atoms with Crippen molar-refractivity contribution in [3.63, 3.8) is 0 Å². The number of aromatic nitrogens is 4. The largest absolute Gasteiger partial charge is 0.376 e. The Morgan fingerprint density at radius 2 is 1.92 bits per heavy atom. The van der Waals surface area contributed by atoms with Crippen LogP contribution in [0.2, 0.25) is 0 Å². The van der Waals surface area contributed by atoms with E-state index in [0.29, 0.717) is 28.2 Å².